The van der Waals surface area contributed by atoms with E-state index in [4.69, 9.17) is 5.10 Å². The van der Waals surface area contributed by atoms with Gasteiger partial charge in [0.1, 0.15) is 5.75 Å². The van der Waals surface area contributed by atoms with Crippen molar-refractivity contribution in [1.29, 1.82) is 0 Å². The second-order valence-corrected chi connectivity index (χ2v) is 9.75. The Hall–Kier alpha value is -3.74. The number of aromatic nitrogens is 1. The van der Waals surface area contributed by atoms with E-state index < -0.39 is 6.10 Å². The van der Waals surface area contributed by atoms with Crippen LogP contribution >= 0.6 is 11.8 Å². The fourth-order valence-electron chi connectivity index (χ4n) is 4.44. The Bertz CT molecular complexity index is 1480. The van der Waals surface area contributed by atoms with Gasteiger partial charge in [-0.05, 0) is 67.1 Å². The van der Waals surface area contributed by atoms with Crippen LogP contribution in [0.3, 0.4) is 0 Å². The molecule has 1 aromatic heterocycles. The highest BCUT2D eigenvalue weighted by Crippen LogP contribution is 2.29. The molecule has 2 N–H and O–H groups in total. The molecule has 0 bridgehead atoms. The van der Waals surface area contributed by atoms with Crippen LogP contribution in [-0.2, 0) is 6.54 Å². The van der Waals surface area contributed by atoms with Crippen LogP contribution in [0.4, 0.5) is 5.69 Å². The molecule has 0 saturated carbocycles. The standard InChI is InChI=1S/C30H29N3O2S/c1-2-32-29-11-7-6-10-27(29)28-18-22(12-17-30(28)32)19-31-33(23-8-4-3-5-9-23)20-25(35)21-36-26-15-13-24(34)14-16-26/h3-19,25,34-35H,2,20-21H2,1H3/t25-/m1/s1. The molecule has 6 heteroatoms. The predicted molar refractivity (Wildman–Crippen MR) is 151 cm³/mol. The molecular weight excluding hydrogens is 466 g/mol. The number of aliphatic hydroxyl groups excluding tert-OH is 1. The molecule has 0 spiro atoms. The number of thioether (sulfide) groups is 1. The normalized spacial score (nSPS) is 12.5. The molecule has 0 radical (unpaired) electrons. The summed E-state index contributed by atoms with van der Waals surface area (Å²) in [6.45, 7) is 3.45. The van der Waals surface area contributed by atoms with Crippen molar-refractivity contribution in [3.8, 4) is 5.75 Å². The van der Waals surface area contributed by atoms with Gasteiger partial charge in [0.25, 0.3) is 0 Å². The fraction of sp³-hybridized carbons (Fsp3) is 0.167. The van der Waals surface area contributed by atoms with Crippen LogP contribution in [0, 0.1) is 0 Å². The van der Waals surface area contributed by atoms with E-state index in [2.05, 4.69) is 54.0 Å². The zero-order valence-corrected chi connectivity index (χ0v) is 21.0. The van der Waals surface area contributed by atoms with Gasteiger partial charge in [-0.25, -0.2) is 0 Å². The van der Waals surface area contributed by atoms with Gasteiger partial charge >= 0.3 is 0 Å². The zero-order valence-electron chi connectivity index (χ0n) is 20.2. The number of aryl methyl sites for hydroxylation is 1. The minimum absolute atomic E-state index is 0.238. The van der Waals surface area contributed by atoms with Gasteiger partial charge < -0.3 is 14.8 Å². The van der Waals surface area contributed by atoms with Crippen molar-refractivity contribution in [2.45, 2.75) is 24.5 Å². The predicted octanol–water partition coefficient (Wildman–Crippen LogP) is 6.51. The number of nitrogens with zero attached hydrogens (tertiary/aromatic N) is 3. The number of aliphatic hydroxyl groups is 1. The number of phenolic OH excluding ortho intramolecular Hbond substituents is 1. The van der Waals surface area contributed by atoms with Crippen molar-refractivity contribution in [3.05, 3.63) is 103 Å². The molecule has 0 fully saturated rings. The van der Waals surface area contributed by atoms with Crippen LogP contribution < -0.4 is 5.01 Å². The van der Waals surface area contributed by atoms with E-state index in [1.807, 2.05) is 53.7 Å². The van der Waals surface area contributed by atoms with E-state index in [1.54, 1.807) is 23.9 Å². The van der Waals surface area contributed by atoms with Crippen LogP contribution in [0.15, 0.2) is 107 Å². The van der Waals surface area contributed by atoms with E-state index >= 15 is 0 Å². The average molecular weight is 496 g/mol. The topological polar surface area (TPSA) is 61.0 Å². The number of benzene rings is 4. The molecule has 5 rings (SSSR count). The van der Waals surface area contributed by atoms with Gasteiger partial charge in [-0.2, -0.15) is 5.10 Å². The van der Waals surface area contributed by atoms with Crippen molar-refractivity contribution in [2.24, 2.45) is 5.10 Å². The van der Waals surface area contributed by atoms with Crippen molar-refractivity contribution in [2.75, 3.05) is 17.3 Å². The summed E-state index contributed by atoms with van der Waals surface area (Å²) in [6, 6.07) is 31.9. The highest BCUT2D eigenvalue weighted by molar-refractivity contribution is 7.99. The Balaban J connectivity index is 1.38. The molecule has 0 aliphatic carbocycles. The molecule has 1 heterocycles. The largest absolute Gasteiger partial charge is 0.508 e. The molecule has 4 aromatic carbocycles. The van der Waals surface area contributed by atoms with E-state index in [9.17, 15) is 10.2 Å². The summed E-state index contributed by atoms with van der Waals surface area (Å²) in [6.07, 6.45) is 1.27. The lowest BCUT2D eigenvalue weighted by Crippen LogP contribution is -2.30. The summed E-state index contributed by atoms with van der Waals surface area (Å²) in [5.74, 6) is 0.758. The number of hydrazone groups is 1. The molecular formula is C30H29N3O2S. The summed E-state index contributed by atoms with van der Waals surface area (Å²) in [7, 11) is 0. The number of fused-ring (bicyclic) bond motifs is 3. The maximum absolute atomic E-state index is 10.8. The number of para-hydroxylation sites is 2. The van der Waals surface area contributed by atoms with Gasteiger partial charge in [0, 0.05) is 39.0 Å². The van der Waals surface area contributed by atoms with Crippen LogP contribution in [0.5, 0.6) is 5.75 Å². The molecule has 36 heavy (non-hydrogen) atoms. The number of hydrogen-bond acceptors (Lipinski definition) is 5. The van der Waals surface area contributed by atoms with Crippen LogP contribution in [0.2, 0.25) is 0 Å². The first-order valence-corrected chi connectivity index (χ1v) is 13.1. The second-order valence-electron chi connectivity index (χ2n) is 8.66. The first kappa shape index (κ1) is 24.0. The highest BCUT2D eigenvalue weighted by atomic mass is 32.2. The number of anilines is 1. The number of phenols is 1. The molecule has 0 saturated heterocycles. The highest BCUT2D eigenvalue weighted by Gasteiger charge is 2.13. The van der Waals surface area contributed by atoms with Gasteiger partial charge in [0.15, 0.2) is 0 Å². The second kappa shape index (κ2) is 10.9. The van der Waals surface area contributed by atoms with Crippen molar-refractivity contribution >= 4 is 45.5 Å². The van der Waals surface area contributed by atoms with Gasteiger partial charge in [0.2, 0.25) is 0 Å². The van der Waals surface area contributed by atoms with E-state index in [1.165, 1.54) is 21.8 Å². The number of rotatable bonds is 9. The zero-order chi connectivity index (χ0) is 24.9. The smallest absolute Gasteiger partial charge is 0.115 e. The number of hydrogen-bond donors (Lipinski definition) is 2. The summed E-state index contributed by atoms with van der Waals surface area (Å²) in [5, 5.41) is 29.4. The minimum atomic E-state index is -0.592. The Morgan fingerprint density at radius 3 is 2.39 bits per heavy atom. The first-order valence-electron chi connectivity index (χ1n) is 12.1. The fourth-order valence-corrected chi connectivity index (χ4v) is 5.25. The lowest BCUT2D eigenvalue weighted by atomic mass is 10.1. The molecule has 0 aliphatic heterocycles. The molecule has 182 valence electrons. The SMILES string of the molecule is CCn1c2ccccc2c2cc(C=NN(C[C@@H](O)CSc3ccc(O)cc3)c3ccccc3)ccc21. The molecule has 1 atom stereocenters. The van der Waals surface area contributed by atoms with Crippen LogP contribution in [-0.4, -0.2) is 39.4 Å². The van der Waals surface area contributed by atoms with E-state index in [0.717, 1.165) is 22.7 Å². The molecule has 0 aliphatic rings. The molecule has 5 aromatic rings. The molecule has 0 amide bonds. The Morgan fingerprint density at radius 2 is 1.61 bits per heavy atom. The van der Waals surface area contributed by atoms with Gasteiger partial charge in [0.05, 0.1) is 24.6 Å². The van der Waals surface area contributed by atoms with E-state index in [0.29, 0.717) is 12.3 Å². The number of aromatic hydroxyl groups is 1. The summed E-state index contributed by atoms with van der Waals surface area (Å²) < 4.78 is 2.34. The van der Waals surface area contributed by atoms with Crippen LogP contribution in [0.1, 0.15) is 12.5 Å². The third-order valence-electron chi connectivity index (χ3n) is 6.18. The van der Waals surface area contributed by atoms with Crippen molar-refractivity contribution < 1.29 is 10.2 Å². The lowest BCUT2D eigenvalue weighted by molar-refractivity contribution is 0.205. The van der Waals surface area contributed by atoms with Gasteiger partial charge in [-0.1, -0.05) is 42.5 Å². The summed E-state index contributed by atoms with van der Waals surface area (Å²) in [5.41, 5.74) is 4.39. The minimum Gasteiger partial charge on any atom is -0.508 e. The van der Waals surface area contributed by atoms with E-state index in [-0.39, 0.29) is 5.75 Å². The Morgan fingerprint density at radius 1 is 0.889 bits per heavy atom. The lowest BCUT2D eigenvalue weighted by Gasteiger charge is -2.22. The quantitative estimate of drug-likeness (QED) is 0.139. The average Bonchev–Trinajstić information content (AvgIpc) is 3.24. The third kappa shape index (κ3) is 5.25. The maximum Gasteiger partial charge on any atom is 0.115 e. The van der Waals surface area contributed by atoms with Gasteiger partial charge in [-0.3, -0.25) is 5.01 Å². The first-order chi connectivity index (χ1) is 17.6. The monoisotopic (exact) mass is 495 g/mol. The Kier molecular flexibility index (Phi) is 7.26. The summed E-state index contributed by atoms with van der Waals surface area (Å²) >= 11 is 1.55. The molecule has 0 unspecified atom stereocenters. The third-order valence-corrected chi connectivity index (χ3v) is 7.33. The van der Waals surface area contributed by atoms with Gasteiger partial charge in [-0.15, -0.1) is 11.8 Å². The Labute approximate surface area is 215 Å². The molecule has 5 nitrogen and oxygen atoms in total. The van der Waals surface area contributed by atoms with Crippen molar-refractivity contribution in [3.63, 3.8) is 0 Å². The summed E-state index contributed by atoms with van der Waals surface area (Å²) in [4.78, 5) is 1.00. The van der Waals surface area contributed by atoms with Crippen LogP contribution in [0.25, 0.3) is 21.8 Å². The van der Waals surface area contributed by atoms with Crippen molar-refractivity contribution in [1.82, 2.24) is 4.57 Å². The maximum atomic E-state index is 10.8.